The minimum Gasteiger partial charge on any atom is -0.480 e. The standard InChI is InChI=1S/C40H70NO10P/c1-3-5-7-9-11-13-15-17-18-20-22-24-26-28-30-32-39(43)51-36(34-49-52(46,47)50-35-37(41)40(44)45)33-48-38(42)31-29-27-25-23-21-19-16-14-12-10-8-6-4-2/h5,7,11,13,17-19,21,36-37H,3-4,6,8-10,12,14-16,20,22-35,41H2,1-2H3,(H,44,45)(H,46,47)/b7-5+,13-11+,18-17+,21-19+/t36-,37+/m1/s1. The maximum absolute atomic E-state index is 12.6. The second-order valence-electron chi connectivity index (χ2n) is 13.0. The number of rotatable bonds is 36. The quantitative estimate of drug-likeness (QED) is 0.0241. The van der Waals surface area contributed by atoms with Crippen LogP contribution in [0.4, 0.5) is 0 Å². The van der Waals surface area contributed by atoms with E-state index in [1.54, 1.807) is 0 Å². The molecule has 0 aliphatic heterocycles. The fourth-order valence-electron chi connectivity index (χ4n) is 4.95. The molecule has 0 radical (unpaired) electrons. The summed E-state index contributed by atoms with van der Waals surface area (Å²) in [5, 5.41) is 8.86. The summed E-state index contributed by atoms with van der Waals surface area (Å²) >= 11 is 0. The molecule has 0 aromatic carbocycles. The van der Waals surface area contributed by atoms with E-state index in [2.05, 4.69) is 67.0 Å². The van der Waals surface area contributed by atoms with Gasteiger partial charge in [0.05, 0.1) is 13.2 Å². The molecule has 3 atom stereocenters. The molecule has 52 heavy (non-hydrogen) atoms. The summed E-state index contributed by atoms with van der Waals surface area (Å²) in [5.74, 6) is -2.43. The molecule has 0 heterocycles. The molecule has 0 aliphatic carbocycles. The zero-order valence-corrected chi connectivity index (χ0v) is 33.0. The summed E-state index contributed by atoms with van der Waals surface area (Å²) in [6.07, 6.45) is 37.5. The Morgan fingerprint density at radius 3 is 1.65 bits per heavy atom. The van der Waals surface area contributed by atoms with Crippen LogP contribution in [0.3, 0.4) is 0 Å². The number of allylic oxidation sites excluding steroid dienone is 8. The number of phosphoric acid groups is 1. The average Bonchev–Trinajstić information content (AvgIpc) is 3.12. The van der Waals surface area contributed by atoms with Crippen LogP contribution in [0.5, 0.6) is 0 Å². The lowest BCUT2D eigenvalue weighted by atomic mass is 10.1. The largest absolute Gasteiger partial charge is 0.480 e. The van der Waals surface area contributed by atoms with Gasteiger partial charge < -0.3 is 25.2 Å². The molecular formula is C40H70NO10P. The third kappa shape index (κ3) is 34.5. The highest BCUT2D eigenvalue weighted by atomic mass is 31.2. The first kappa shape index (κ1) is 49.4. The Bertz CT molecular complexity index is 1070. The summed E-state index contributed by atoms with van der Waals surface area (Å²) < 4.78 is 32.5. The highest BCUT2D eigenvalue weighted by Crippen LogP contribution is 2.43. The van der Waals surface area contributed by atoms with E-state index in [0.717, 1.165) is 77.0 Å². The predicted molar refractivity (Wildman–Crippen MR) is 208 cm³/mol. The zero-order chi connectivity index (χ0) is 38.5. The summed E-state index contributed by atoms with van der Waals surface area (Å²) in [6, 6.07) is -1.53. The first-order valence-electron chi connectivity index (χ1n) is 19.7. The van der Waals surface area contributed by atoms with Gasteiger partial charge in [0.15, 0.2) is 6.10 Å². The van der Waals surface area contributed by atoms with Crippen molar-refractivity contribution < 1.29 is 47.5 Å². The Labute approximate surface area is 314 Å². The average molecular weight is 756 g/mol. The van der Waals surface area contributed by atoms with E-state index < -0.39 is 51.1 Å². The molecule has 0 fully saturated rings. The van der Waals surface area contributed by atoms with Crippen molar-refractivity contribution in [3.63, 3.8) is 0 Å². The Balaban J connectivity index is 4.49. The van der Waals surface area contributed by atoms with Crippen molar-refractivity contribution in [2.45, 2.75) is 167 Å². The van der Waals surface area contributed by atoms with Crippen LogP contribution in [0.15, 0.2) is 48.6 Å². The Hall–Kier alpha value is -2.56. The first-order chi connectivity index (χ1) is 25.1. The monoisotopic (exact) mass is 755 g/mol. The molecule has 4 N–H and O–H groups in total. The third-order valence-electron chi connectivity index (χ3n) is 8.06. The Kier molecular flexibility index (Phi) is 33.7. The van der Waals surface area contributed by atoms with Crippen LogP contribution in [0.1, 0.15) is 155 Å². The SMILES string of the molecule is CC/C=C/C/C=C/C/C=C/CCCCCCCC(=O)O[C@H](COC(=O)CCCCC/C=C/CCCCCCCC)COP(=O)(O)OC[C@H](N)C(=O)O. The minimum atomic E-state index is -4.72. The lowest BCUT2D eigenvalue weighted by Gasteiger charge is -2.20. The molecular weight excluding hydrogens is 685 g/mol. The summed E-state index contributed by atoms with van der Waals surface area (Å²) in [4.78, 5) is 45.8. The zero-order valence-electron chi connectivity index (χ0n) is 32.1. The van der Waals surface area contributed by atoms with Crippen LogP contribution in [-0.4, -0.2) is 59.9 Å². The number of nitrogens with two attached hydrogens (primary N) is 1. The molecule has 0 amide bonds. The second-order valence-corrected chi connectivity index (χ2v) is 14.5. The van der Waals surface area contributed by atoms with Gasteiger partial charge >= 0.3 is 25.7 Å². The van der Waals surface area contributed by atoms with Gasteiger partial charge in [-0.25, -0.2) is 4.57 Å². The van der Waals surface area contributed by atoms with E-state index in [0.29, 0.717) is 12.8 Å². The van der Waals surface area contributed by atoms with Crippen LogP contribution in [-0.2, 0) is 37.5 Å². The van der Waals surface area contributed by atoms with E-state index in [4.69, 9.17) is 24.8 Å². The van der Waals surface area contributed by atoms with Crippen molar-refractivity contribution in [3.05, 3.63) is 48.6 Å². The van der Waals surface area contributed by atoms with Gasteiger partial charge in [0.2, 0.25) is 0 Å². The Morgan fingerprint density at radius 2 is 1.08 bits per heavy atom. The van der Waals surface area contributed by atoms with Crippen LogP contribution >= 0.6 is 7.82 Å². The molecule has 0 saturated carbocycles. The molecule has 11 nitrogen and oxygen atoms in total. The maximum atomic E-state index is 12.6. The van der Waals surface area contributed by atoms with Gasteiger partial charge in [-0.1, -0.05) is 120 Å². The smallest absolute Gasteiger partial charge is 0.472 e. The van der Waals surface area contributed by atoms with E-state index in [9.17, 15) is 23.8 Å². The van der Waals surface area contributed by atoms with Gasteiger partial charge in [0, 0.05) is 12.8 Å². The number of esters is 2. The van der Waals surface area contributed by atoms with E-state index in [-0.39, 0.29) is 19.4 Å². The number of ether oxygens (including phenoxy) is 2. The summed E-state index contributed by atoms with van der Waals surface area (Å²) in [7, 11) is -4.72. The number of carbonyl (C=O) groups excluding carboxylic acids is 2. The molecule has 0 rings (SSSR count). The Morgan fingerprint density at radius 1 is 0.615 bits per heavy atom. The number of unbranched alkanes of at least 4 members (excludes halogenated alkanes) is 14. The summed E-state index contributed by atoms with van der Waals surface area (Å²) in [5.41, 5.74) is 5.32. The van der Waals surface area contributed by atoms with Crippen molar-refractivity contribution in [3.8, 4) is 0 Å². The predicted octanol–water partition coefficient (Wildman–Crippen LogP) is 9.83. The van der Waals surface area contributed by atoms with Crippen LogP contribution < -0.4 is 5.73 Å². The number of phosphoric ester groups is 1. The number of carbonyl (C=O) groups is 3. The fourth-order valence-corrected chi connectivity index (χ4v) is 5.73. The van der Waals surface area contributed by atoms with Crippen molar-refractivity contribution in [2.75, 3.05) is 19.8 Å². The van der Waals surface area contributed by atoms with Crippen LogP contribution in [0.25, 0.3) is 0 Å². The molecule has 300 valence electrons. The molecule has 0 bridgehead atoms. The lowest BCUT2D eigenvalue weighted by molar-refractivity contribution is -0.161. The highest BCUT2D eigenvalue weighted by molar-refractivity contribution is 7.47. The van der Waals surface area contributed by atoms with Crippen molar-refractivity contribution in [2.24, 2.45) is 5.73 Å². The molecule has 1 unspecified atom stereocenters. The van der Waals surface area contributed by atoms with Gasteiger partial charge in [0.25, 0.3) is 0 Å². The number of hydrogen-bond acceptors (Lipinski definition) is 9. The molecule has 0 aliphatic rings. The second kappa shape index (κ2) is 35.5. The van der Waals surface area contributed by atoms with Crippen molar-refractivity contribution >= 4 is 25.7 Å². The van der Waals surface area contributed by atoms with Crippen LogP contribution in [0.2, 0.25) is 0 Å². The van der Waals surface area contributed by atoms with E-state index in [1.165, 1.54) is 38.5 Å². The van der Waals surface area contributed by atoms with E-state index in [1.807, 2.05) is 0 Å². The van der Waals surface area contributed by atoms with Gasteiger partial charge in [0.1, 0.15) is 12.6 Å². The third-order valence-corrected chi connectivity index (χ3v) is 9.01. The van der Waals surface area contributed by atoms with E-state index >= 15 is 0 Å². The van der Waals surface area contributed by atoms with Gasteiger partial charge in [-0.05, 0) is 70.6 Å². The lowest BCUT2D eigenvalue weighted by Crippen LogP contribution is -2.34. The topological polar surface area (TPSA) is 172 Å². The minimum absolute atomic E-state index is 0.137. The molecule has 0 saturated heterocycles. The number of carboxylic acid groups (broad SMARTS) is 1. The first-order valence-corrected chi connectivity index (χ1v) is 21.2. The van der Waals surface area contributed by atoms with Gasteiger partial charge in [-0.2, -0.15) is 0 Å². The molecule has 12 heteroatoms. The number of aliphatic carboxylic acids is 1. The van der Waals surface area contributed by atoms with Crippen molar-refractivity contribution in [1.29, 1.82) is 0 Å². The molecule has 0 spiro atoms. The fraction of sp³-hybridized carbons (Fsp3) is 0.725. The molecule has 0 aromatic heterocycles. The summed E-state index contributed by atoms with van der Waals surface area (Å²) in [6.45, 7) is 2.62. The normalized spacial score (nSPS) is 14.4. The van der Waals surface area contributed by atoms with Gasteiger partial charge in [-0.15, -0.1) is 0 Å². The van der Waals surface area contributed by atoms with Crippen molar-refractivity contribution in [1.82, 2.24) is 0 Å². The van der Waals surface area contributed by atoms with Crippen LogP contribution in [0, 0.1) is 0 Å². The number of carboxylic acids is 1. The highest BCUT2D eigenvalue weighted by Gasteiger charge is 2.28. The molecule has 0 aromatic rings. The maximum Gasteiger partial charge on any atom is 0.472 e. The number of hydrogen-bond donors (Lipinski definition) is 3. The van der Waals surface area contributed by atoms with Gasteiger partial charge in [-0.3, -0.25) is 23.4 Å².